The highest BCUT2D eigenvalue weighted by atomic mass is 16.8. The number of amides is 3. The van der Waals surface area contributed by atoms with Crippen molar-refractivity contribution in [2.45, 2.75) is 172 Å². The Kier molecular flexibility index (Phi) is 16.9. The fraction of sp³-hybridized carbons (Fsp3) is 0.627. The minimum absolute atomic E-state index is 0.0437. The number of hydroxylamine groups is 2. The Hall–Kier alpha value is -4.67. The molecule has 3 saturated heterocycles. The van der Waals surface area contributed by atoms with Crippen LogP contribution in [0.25, 0.3) is 6.08 Å². The van der Waals surface area contributed by atoms with Crippen LogP contribution in [-0.4, -0.2) is 131 Å². The van der Waals surface area contributed by atoms with Crippen LogP contribution < -0.4 is 5.32 Å². The van der Waals surface area contributed by atoms with E-state index in [1.165, 1.54) is 20.9 Å². The molecule has 2 aromatic carbocycles. The Morgan fingerprint density at radius 1 is 0.939 bits per heavy atom. The first-order chi connectivity index (χ1) is 31.5. The number of rotatable bonds is 22. The third kappa shape index (κ3) is 11.5. The van der Waals surface area contributed by atoms with Crippen molar-refractivity contribution in [3.8, 4) is 0 Å². The minimum atomic E-state index is -1.59. The van der Waals surface area contributed by atoms with Crippen molar-refractivity contribution in [1.82, 2.24) is 20.2 Å². The summed E-state index contributed by atoms with van der Waals surface area (Å²) in [5, 5.41) is 14.9. The Labute approximate surface area is 390 Å². The van der Waals surface area contributed by atoms with Gasteiger partial charge in [0.05, 0.1) is 19.2 Å². The average molecular weight is 917 g/mol. The third-order valence-corrected chi connectivity index (χ3v) is 13.2. The van der Waals surface area contributed by atoms with Gasteiger partial charge in [0.15, 0.2) is 11.8 Å². The van der Waals surface area contributed by atoms with Crippen molar-refractivity contribution < 1.29 is 52.9 Å². The fourth-order valence-electron chi connectivity index (χ4n) is 9.90. The summed E-state index contributed by atoms with van der Waals surface area (Å²) in [5.41, 5.74) is -0.0467. The number of aliphatic hydroxyl groups is 1. The van der Waals surface area contributed by atoms with Gasteiger partial charge in [0, 0.05) is 59.3 Å². The van der Waals surface area contributed by atoms with Crippen molar-refractivity contribution >= 4 is 35.7 Å². The predicted molar refractivity (Wildman–Crippen MR) is 247 cm³/mol. The minimum Gasteiger partial charge on any atom is -0.460 e. The highest BCUT2D eigenvalue weighted by Crippen LogP contribution is 2.58. The van der Waals surface area contributed by atoms with E-state index in [2.05, 4.69) is 19.2 Å². The van der Waals surface area contributed by atoms with Gasteiger partial charge >= 0.3 is 11.9 Å². The van der Waals surface area contributed by atoms with Crippen LogP contribution in [0.4, 0.5) is 0 Å². The quantitative estimate of drug-likeness (QED) is 0.0816. The number of unbranched alkanes of at least 4 members (excludes halogenated alkanes) is 4. The fourth-order valence-corrected chi connectivity index (χ4v) is 9.90. The van der Waals surface area contributed by atoms with Gasteiger partial charge in [-0.3, -0.25) is 28.8 Å². The summed E-state index contributed by atoms with van der Waals surface area (Å²) in [4.78, 5) is 80.3. The van der Waals surface area contributed by atoms with Gasteiger partial charge in [0.1, 0.15) is 41.5 Å². The molecule has 0 aromatic heterocycles. The maximum Gasteiger partial charge on any atom is 0.327 e. The van der Waals surface area contributed by atoms with Crippen LogP contribution in [0.15, 0.2) is 60.7 Å². The lowest BCUT2D eigenvalue weighted by Crippen LogP contribution is -2.70. The van der Waals surface area contributed by atoms with Crippen LogP contribution in [0.1, 0.15) is 122 Å². The summed E-state index contributed by atoms with van der Waals surface area (Å²) < 4.78 is 25.9. The summed E-state index contributed by atoms with van der Waals surface area (Å²) in [6.07, 6.45) is 7.03. The average Bonchev–Trinajstić information content (AvgIpc) is 3.84. The Morgan fingerprint density at radius 3 is 2.23 bits per heavy atom. The number of fused-ring (bicyclic) bond motifs is 4. The van der Waals surface area contributed by atoms with Gasteiger partial charge in [-0.05, 0) is 62.8 Å². The van der Waals surface area contributed by atoms with Crippen LogP contribution in [0, 0.1) is 5.41 Å². The molecule has 1 aliphatic carbocycles. The van der Waals surface area contributed by atoms with Crippen LogP contribution in [-0.2, 0) is 60.7 Å². The lowest BCUT2D eigenvalue weighted by molar-refractivity contribution is -0.225. The normalized spacial score (nSPS) is 25.2. The standard InChI is InChI=1S/C51H72N4O11/c1-9-11-18-28-50(29-19-12-10-2)64-42-39-31-51(44(47(60)62-39)55(66-45(51)43(42)65-50)32-36-23-17-16-22-35(36)24-26-40(57)53(6)7)48(61)54(8)38(30-34-20-14-13-15-21-34)46(59)52-37(33-56)25-27-41(58)63-49(3,4)5/h13-17,20-24,26,37-39,42-45,56H,9-12,18-19,25,27-33H2,1-8H3,(H,52,59)/t37-,38+,39+,42-,43-,44-,45+,51-/m0/s1. The zero-order chi connectivity index (χ0) is 47.8. The van der Waals surface area contributed by atoms with E-state index in [4.69, 9.17) is 23.8 Å². The molecule has 0 radical (unpaired) electrons. The van der Waals surface area contributed by atoms with Crippen molar-refractivity contribution in [2.75, 3.05) is 27.7 Å². The zero-order valence-corrected chi connectivity index (χ0v) is 40.2. The first-order valence-electron chi connectivity index (χ1n) is 23.9. The summed E-state index contributed by atoms with van der Waals surface area (Å²) in [6, 6.07) is 13.6. The summed E-state index contributed by atoms with van der Waals surface area (Å²) in [5.74, 6) is -3.31. The molecular weight excluding hydrogens is 845 g/mol. The maximum absolute atomic E-state index is 15.9. The Balaban J connectivity index is 1.39. The summed E-state index contributed by atoms with van der Waals surface area (Å²) in [6.45, 7) is 9.19. The molecule has 4 aliphatic rings. The molecule has 15 heteroatoms. The summed E-state index contributed by atoms with van der Waals surface area (Å²) >= 11 is 0. The van der Waals surface area contributed by atoms with Gasteiger partial charge in [0.25, 0.3) is 0 Å². The van der Waals surface area contributed by atoms with Crippen LogP contribution >= 0.6 is 0 Å². The largest absolute Gasteiger partial charge is 0.460 e. The van der Waals surface area contributed by atoms with Gasteiger partial charge in [-0.1, -0.05) is 94.1 Å². The first kappa shape index (κ1) is 50.7. The molecule has 3 aliphatic heterocycles. The molecule has 66 heavy (non-hydrogen) atoms. The zero-order valence-electron chi connectivity index (χ0n) is 40.2. The van der Waals surface area contributed by atoms with E-state index in [0.29, 0.717) is 12.8 Å². The molecule has 2 bridgehead atoms. The van der Waals surface area contributed by atoms with Crippen LogP contribution in [0.3, 0.4) is 0 Å². The van der Waals surface area contributed by atoms with Crippen molar-refractivity contribution in [3.63, 3.8) is 0 Å². The number of carbonyl (C=O) groups is 5. The van der Waals surface area contributed by atoms with Gasteiger partial charge in [-0.15, -0.1) is 0 Å². The van der Waals surface area contributed by atoms with E-state index >= 15 is 4.79 Å². The van der Waals surface area contributed by atoms with E-state index in [9.17, 15) is 24.3 Å². The molecule has 1 saturated carbocycles. The third-order valence-electron chi connectivity index (χ3n) is 13.2. The van der Waals surface area contributed by atoms with Gasteiger partial charge in [0.2, 0.25) is 17.7 Å². The molecule has 0 unspecified atom stereocenters. The predicted octanol–water partition coefficient (Wildman–Crippen LogP) is 5.90. The molecule has 8 atom stereocenters. The topological polar surface area (TPSA) is 173 Å². The van der Waals surface area contributed by atoms with Gasteiger partial charge in [-0.25, -0.2) is 0 Å². The van der Waals surface area contributed by atoms with E-state index in [1.807, 2.05) is 54.6 Å². The molecular formula is C51H72N4O11. The molecule has 6 rings (SSSR count). The Morgan fingerprint density at radius 2 is 1.59 bits per heavy atom. The summed E-state index contributed by atoms with van der Waals surface area (Å²) in [7, 11) is 4.91. The highest BCUT2D eigenvalue weighted by molar-refractivity contribution is 5.96. The van der Waals surface area contributed by atoms with Gasteiger partial charge in [-0.2, -0.15) is 5.06 Å². The molecule has 4 fully saturated rings. The number of likely N-dealkylation sites (N-methyl/N-ethyl adjacent to an activating group) is 2. The van der Waals surface area contributed by atoms with Crippen molar-refractivity contribution in [3.05, 3.63) is 77.4 Å². The SMILES string of the molecule is CCCCCC1(CCCCC)O[C@@H]2[C@H](O1)[C@H]1ON(Cc3ccccc3C=CC(=O)N(C)C)[C@H]3C(=O)O[C@@H]2C[C@@]13C(=O)N(C)[C@H](Cc1ccccc1)C(=O)N[C@H](CO)CCC(=O)OC(C)(C)C. The molecule has 2 N–H and O–H groups in total. The smallest absolute Gasteiger partial charge is 0.327 e. The highest BCUT2D eigenvalue weighted by Gasteiger charge is 2.76. The maximum atomic E-state index is 15.9. The molecule has 362 valence electrons. The second-order valence-electron chi connectivity index (χ2n) is 19.6. The lowest BCUT2D eigenvalue weighted by atomic mass is 9.62. The molecule has 2 aromatic rings. The number of nitrogens with zero attached hydrogens (tertiary/aromatic N) is 3. The van der Waals surface area contributed by atoms with E-state index in [0.717, 1.165) is 55.2 Å². The van der Waals surface area contributed by atoms with Crippen LogP contribution in [0.5, 0.6) is 0 Å². The van der Waals surface area contributed by atoms with Gasteiger partial charge < -0.3 is 39.2 Å². The van der Waals surface area contributed by atoms with Crippen LogP contribution in [0.2, 0.25) is 0 Å². The molecule has 3 heterocycles. The van der Waals surface area contributed by atoms with Crippen molar-refractivity contribution in [1.29, 1.82) is 0 Å². The van der Waals surface area contributed by atoms with Crippen molar-refractivity contribution in [2.24, 2.45) is 5.41 Å². The number of carbonyl (C=O) groups excluding carboxylic acids is 5. The number of hydrogen-bond donors (Lipinski definition) is 2. The van der Waals surface area contributed by atoms with E-state index in [-0.39, 0.29) is 38.1 Å². The first-order valence-corrected chi connectivity index (χ1v) is 23.9. The number of ether oxygens (including phenoxy) is 4. The van der Waals surface area contributed by atoms with E-state index in [1.54, 1.807) is 48.0 Å². The monoisotopic (exact) mass is 917 g/mol. The lowest BCUT2D eigenvalue weighted by Gasteiger charge is -2.50. The number of aliphatic hydroxyl groups excluding tert-OH is 1. The molecule has 15 nitrogen and oxygen atoms in total. The number of benzene rings is 2. The second-order valence-corrected chi connectivity index (χ2v) is 19.6. The Bertz CT molecular complexity index is 2030. The molecule has 0 spiro atoms. The molecule has 3 amide bonds. The second kappa shape index (κ2) is 22.0. The number of esters is 2. The number of nitrogens with one attached hydrogen (secondary N) is 1. The van der Waals surface area contributed by atoms with E-state index < -0.39 is 89.7 Å². The number of hydrogen-bond acceptors (Lipinski definition) is 12.